The summed E-state index contributed by atoms with van der Waals surface area (Å²) >= 11 is 0. The van der Waals surface area contributed by atoms with E-state index in [-0.39, 0.29) is 13.2 Å². The predicted octanol–water partition coefficient (Wildman–Crippen LogP) is 2.06. The van der Waals surface area contributed by atoms with Gasteiger partial charge in [-0.3, -0.25) is 0 Å². The fourth-order valence-electron chi connectivity index (χ4n) is 1.88. The Labute approximate surface area is 129 Å². The molecule has 2 aromatic rings. The van der Waals surface area contributed by atoms with Crippen molar-refractivity contribution in [3.8, 4) is 11.5 Å². The molecular formula is C17H19NO4. The highest BCUT2D eigenvalue weighted by Crippen LogP contribution is 2.10. The quantitative estimate of drug-likeness (QED) is 0.368. The average Bonchev–Trinajstić information content (AvgIpc) is 2.54. The summed E-state index contributed by atoms with van der Waals surface area (Å²) < 4.78 is 11.1. The number of aliphatic hydroxyl groups is 1. The molecule has 5 heteroatoms. The lowest BCUT2D eigenvalue weighted by Gasteiger charge is -2.12. The molecule has 22 heavy (non-hydrogen) atoms. The van der Waals surface area contributed by atoms with Gasteiger partial charge in [-0.2, -0.15) is 0 Å². The van der Waals surface area contributed by atoms with Gasteiger partial charge in [-0.15, -0.1) is 0 Å². The highest BCUT2D eigenvalue weighted by atomic mass is 16.5. The molecular weight excluding hydrogens is 282 g/mol. The van der Waals surface area contributed by atoms with E-state index >= 15 is 0 Å². The smallest absolute Gasteiger partial charge is 0.182 e. The molecule has 5 nitrogen and oxygen atoms in total. The first-order valence-electron chi connectivity index (χ1n) is 6.96. The highest BCUT2D eigenvalue weighted by Gasteiger charge is 2.10. The molecule has 0 aromatic heterocycles. The molecule has 0 radical (unpaired) electrons. The van der Waals surface area contributed by atoms with E-state index in [2.05, 4.69) is 0 Å². The number of hydrogen-bond donors (Lipinski definition) is 1. The number of hydrogen-bond acceptors (Lipinski definition) is 4. The Balaban J connectivity index is 1.84. The Hall–Kier alpha value is -2.53. The fraction of sp³-hybridized carbons (Fsp3) is 0.235. The SMILES string of the molecule is COc1ccc(/C=[N+](\[O-])C[C@H](O)COc2ccccc2)cc1. The van der Waals surface area contributed by atoms with E-state index in [4.69, 9.17) is 9.47 Å². The molecule has 116 valence electrons. The molecule has 2 rings (SSSR count). The second-order valence-electron chi connectivity index (χ2n) is 4.78. The van der Waals surface area contributed by atoms with Crippen molar-refractivity contribution in [1.82, 2.24) is 0 Å². The van der Waals surface area contributed by atoms with Gasteiger partial charge in [0.05, 0.1) is 7.11 Å². The maximum absolute atomic E-state index is 11.8. The third-order valence-electron chi connectivity index (χ3n) is 2.99. The van der Waals surface area contributed by atoms with E-state index in [9.17, 15) is 10.3 Å². The van der Waals surface area contributed by atoms with Crippen molar-refractivity contribution < 1.29 is 19.3 Å². The first-order chi connectivity index (χ1) is 10.7. The number of benzene rings is 2. The van der Waals surface area contributed by atoms with Crippen LogP contribution in [0.5, 0.6) is 11.5 Å². The third kappa shape index (κ3) is 5.10. The Morgan fingerprint density at radius 2 is 1.77 bits per heavy atom. The van der Waals surface area contributed by atoms with Gasteiger partial charge in [-0.25, -0.2) is 4.74 Å². The van der Waals surface area contributed by atoms with Crippen LogP contribution in [0.15, 0.2) is 54.6 Å². The van der Waals surface area contributed by atoms with Crippen molar-refractivity contribution in [3.63, 3.8) is 0 Å². The molecule has 1 N–H and O–H groups in total. The topological polar surface area (TPSA) is 64.8 Å². The van der Waals surface area contributed by atoms with Gasteiger partial charge >= 0.3 is 0 Å². The molecule has 0 aliphatic heterocycles. The second kappa shape index (κ2) is 8.05. The van der Waals surface area contributed by atoms with Gasteiger partial charge < -0.3 is 19.8 Å². The van der Waals surface area contributed by atoms with Crippen LogP contribution in [-0.4, -0.2) is 42.4 Å². The van der Waals surface area contributed by atoms with Gasteiger partial charge in [0.2, 0.25) is 0 Å². The normalized spacial score (nSPS) is 12.7. The van der Waals surface area contributed by atoms with E-state index in [1.54, 1.807) is 43.5 Å². The zero-order valence-corrected chi connectivity index (χ0v) is 12.4. The minimum atomic E-state index is -0.868. The van der Waals surface area contributed by atoms with Gasteiger partial charge in [0.25, 0.3) is 0 Å². The lowest BCUT2D eigenvalue weighted by molar-refractivity contribution is -0.464. The maximum atomic E-state index is 11.8. The van der Waals surface area contributed by atoms with Crippen molar-refractivity contribution in [2.75, 3.05) is 20.3 Å². The monoisotopic (exact) mass is 301 g/mol. The van der Waals surface area contributed by atoms with Crippen molar-refractivity contribution in [3.05, 3.63) is 65.4 Å². The number of ether oxygens (including phenoxy) is 2. The summed E-state index contributed by atoms with van der Waals surface area (Å²) in [4.78, 5) is 0. The summed E-state index contributed by atoms with van der Waals surface area (Å²) in [6.45, 7) is 0.0120. The summed E-state index contributed by atoms with van der Waals surface area (Å²) in [5, 5.41) is 21.6. The van der Waals surface area contributed by atoms with Crippen molar-refractivity contribution in [2.24, 2.45) is 0 Å². The summed E-state index contributed by atoms with van der Waals surface area (Å²) in [6.07, 6.45) is 0.553. The first-order valence-corrected chi connectivity index (χ1v) is 6.96. The minimum absolute atomic E-state index is 0.0567. The molecule has 0 bridgehead atoms. The van der Waals surface area contributed by atoms with Crippen molar-refractivity contribution in [2.45, 2.75) is 6.10 Å². The molecule has 0 amide bonds. The summed E-state index contributed by atoms with van der Waals surface area (Å²) in [5.41, 5.74) is 0.743. The molecule has 0 aliphatic rings. The van der Waals surface area contributed by atoms with Gasteiger partial charge in [0, 0.05) is 5.56 Å². The third-order valence-corrected chi connectivity index (χ3v) is 2.99. The Bertz CT molecular complexity index is 596. The Kier molecular flexibility index (Phi) is 5.80. The molecule has 2 aromatic carbocycles. The van der Waals surface area contributed by atoms with E-state index < -0.39 is 6.10 Å². The van der Waals surface area contributed by atoms with E-state index in [0.717, 1.165) is 11.3 Å². The zero-order chi connectivity index (χ0) is 15.8. The molecule has 0 aliphatic carbocycles. The Morgan fingerprint density at radius 1 is 1.09 bits per heavy atom. The highest BCUT2D eigenvalue weighted by molar-refractivity contribution is 5.75. The predicted molar refractivity (Wildman–Crippen MR) is 84.6 cm³/mol. The van der Waals surface area contributed by atoms with Crippen LogP contribution in [0.1, 0.15) is 5.56 Å². The van der Waals surface area contributed by atoms with Crippen LogP contribution in [0.2, 0.25) is 0 Å². The molecule has 1 atom stereocenters. The van der Waals surface area contributed by atoms with E-state index in [0.29, 0.717) is 10.5 Å². The summed E-state index contributed by atoms with van der Waals surface area (Å²) in [7, 11) is 1.59. The summed E-state index contributed by atoms with van der Waals surface area (Å²) in [5.74, 6) is 1.39. The van der Waals surface area contributed by atoms with E-state index in [1.807, 2.05) is 18.2 Å². The van der Waals surface area contributed by atoms with Gasteiger partial charge in [-0.05, 0) is 36.4 Å². The number of rotatable bonds is 7. The van der Waals surface area contributed by atoms with Crippen LogP contribution in [0.25, 0.3) is 0 Å². The van der Waals surface area contributed by atoms with Crippen LogP contribution in [0.4, 0.5) is 0 Å². The van der Waals surface area contributed by atoms with Crippen LogP contribution < -0.4 is 9.47 Å². The average molecular weight is 301 g/mol. The minimum Gasteiger partial charge on any atom is -0.624 e. The molecule has 0 unspecified atom stereocenters. The number of para-hydroxylation sites is 1. The fourth-order valence-corrected chi connectivity index (χ4v) is 1.88. The lowest BCUT2D eigenvalue weighted by Crippen LogP contribution is -2.27. The standard InChI is InChI=1S/C17H19NO4/c1-21-16-9-7-14(8-10-16)11-18(20)12-15(19)13-22-17-5-3-2-4-6-17/h2-11,15,19H,12-13H2,1H3/b18-11-/t15-/m0/s1. The number of hydroxylamine groups is 1. The van der Waals surface area contributed by atoms with Crippen molar-refractivity contribution in [1.29, 1.82) is 0 Å². The van der Waals surface area contributed by atoms with Gasteiger partial charge in [-0.1, -0.05) is 18.2 Å². The van der Waals surface area contributed by atoms with Crippen molar-refractivity contribution >= 4 is 6.21 Å². The number of aliphatic hydroxyl groups excluding tert-OH is 1. The Morgan fingerprint density at radius 3 is 2.41 bits per heavy atom. The first kappa shape index (κ1) is 15.9. The number of nitrogens with zero attached hydrogens (tertiary/aromatic N) is 1. The maximum Gasteiger partial charge on any atom is 0.182 e. The van der Waals surface area contributed by atoms with Crippen LogP contribution in [0.3, 0.4) is 0 Å². The van der Waals surface area contributed by atoms with Crippen LogP contribution in [0, 0.1) is 5.21 Å². The largest absolute Gasteiger partial charge is 0.624 e. The lowest BCUT2D eigenvalue weighted by atomic mass is 10.2. The summed E-state index contributed by atoms with van der Waals surface area (Å²) in [6, 6.07) is 16.3. The molecule has 0 fully saturated rings. The molecule has 0 saturated carbocycles. The second-order valence-corrected chi connectivity index (χ2v) is 4.78. The van der Waals surface area contributed by atoms with Gasteiger partial charge in [0.15, 0.2) is 12.8 Å². The molecule has 0 spiro atoms. The number of methoxy groups -OCH3 is 1. The molecule has 0 saturated heterocycles. The van der Waals surface area contributed by atoms with Gasteiger partial charge in [0.1, 0.15) is 24.2 Å². The van der Waals surface area contributed by atoms with Crippen LogP contribution in [-0.2, 0) is 0 Å². The zero-order valence-electron chi connectivity index (χ0n) is 12.4. The van der Waals surface area contributed by atoms with Crippen LogP contribution >= 0.6 is 0 Å². The molecule has 0 heterocycles. The van der Waals surface area contributed by atoms with E-state index in [1.165, 1.54) is 6.21 Å².